The predicted octanol–water partition coefficient (Wildman–Crippen LogP) is 12.6. The highest BCUT2D eigenvalue weighted by atomic mass is 15.0. The first kappa shape index (κ1) is 31.0. The molecule has 0 N–H and O–H groups in total. The molecule has 2 atom stereocenters. The van der Waals surface area contributed by atoms with Gasteiger partial charge in [-0.15, -0.1) is 0 Å². The summed E-state index contributed by atoms with van der Waals surface area (Å²) in [6, 6.07) is 47.1. The van der Waals surface area contributed by atoms with Crippen molar-refractivity contribution in [3.05, 3.63) is 180 Å². The lowest BCUT2D eigenvalue weighted by molar-refractivity contribution is 0.617. The molecule has 0 saturated carbocycles. The molecule has 4 heteroatoms. The topological polar surface area (TPSA) is 35.6 Å². The maximum Gasteiger partial charge on any atom is 0.0547 e. The van der Waals surface area contributed by atoms with Crippen molar-refractivity contribution in [1.82, 2.24) is 19.1 Å². The number of fused-ring (bicyclic) bond motifs is 9. The van der Waals surface area contributed by atoms with Crippen molar-refractivity contribution in [3.8, 4) is 33.6 Å². The minimum atomic E-state index is 0.347. The fraction of sp³-hybridized carbons (Fsp3) is 0.120. The van der Waals surface area contributed by atoms with Gasteiger partial charge in [-0.1, -0.05) is 68.4 Å². The van der Waals surface area contributed by atoms with Gasteiger partial charge in [0, 0.05) is 69.1 Å². The molecule has 0 radical (unpaired) electrons. The molecule has 0 bridgehead atoms. The summed E-state index contributed by atoms with van der Waals surface area (Å²) in [5.74, 6) is 0.698. The van der Waals surface area contributed by atoms with Gasteiger partial charge in [0.15, 0.2) is 0 Å². The van der Waals surface area contributed by atoms with Gasteiger partial charge >= 0.3 is 0 Å². The molecule has 4 heterocycles. The molecule has 2 aliphatic carbocycles. The maximum atomic E-state index is 4.46. The van der Waals surface area contributed by atoms with E-state index in [9.17, 15) is 0 Å². The van der Waals surface area contributed by atoms with Crippen LogP contribution in [-0.2, 0) is 6.42 Å². The number of benzene rings is 5. The van der Waals surface area contributed by atoms with Crippen LogP contribution in [0.2, 0.25) is 0 Å². The second kappa shape index (κ2) is 12.0. The van der Waals surface area contributed by atoms with Gasteiger partial charge in [-0.25, -0.2) is 0 Å². The third-order valence-corrected chi connectivity index (χ3v) is 12.2. The molecule has 258 valence electrons. The van der Waals surface area contributed by atoms with E-state index in [1.165, 1.54) is 94.3 Å². The quantitative estimate of drug-likeness (QED) is 0.184. The molecule has 0 fully saturated rings. The zero-order chi connectivity index (χ0) is 35.9. The Morgan fingerprint density at radius 3 is 1.74 bits per heavy atom. The first-order valence-corrected chi connectivity index (χ1v) is 19.1. The molecular formula is C50H38N4. The van der Waals surface area contributed by atoms with Crippen molar-refractivity contribution in [2.45, 2.75) is 38.5 Å². The maximum absolute atomic E-state index is 4.46. The molecule has 2 unspecified atom stereocenters. The molecular weight excluding hydrogens is 657 g/mol. The largest absolute Gasteiger partial charge is 0.313 e. The van der Waals surface area contributed by atoms with Crippen LogP contribution in [0, 0.1) is 0 Å². The Morgan fingerprint density at radius 2 is 1.09 bits per heavy atom. The lowest BCUT2D eigenvalue weighted by Gasteiger charge is -2.32. The first-order valence-electron chi connectivity index (χ1n) is 19.1. The van der Waals surface area contributed by atoms with E-state index in [-0.39, 0.29) is 0 Å². The molecule has 4 aromatic heterocycles. The predicted molar refractivity (Wildman–Crippen MR) is 224 cm³/mol. The van der Waals surface area contributed by atoms with Crippen LogP contribution in [0.4, 0.5) is 0 Å². The highest BCUT2D eigenvalue weighted by Crippen LogP contribution is 2.52. The summed E-state index contributed by atoms with van der Waals surface area (Å²) in [5, 5.41) is 3.89. The highest BCUT2D eigenvalue weighted by molar-refractivity contribution is 6.12. The molecule has 54 heavy (non-hydrogen) atoms. The fourth-order valence-electron chi connectivity index (χ4n) is 9.40. The number of para-hydroxylation sites is 2. The Morgan fingerprint density at radius 1 is 0.500 bits per heavy atom. The van der Waals surface area contributed by atoms with Gasteiger partial charge in [-0.3, -0.25) is 9.97 Å². The lowest BCUT2D eigenvalue weighted by atomic mass is 9.72. The summed E-state index contributed by atoms with van der Waals surface area (Å²) in [5.41, 5.74) is 19.2. The van der Waals surface area contributed by atoms with Gasteiger partial charge < -0.3 is 9.13 Å². The van der Waals surface area contributed by atoms with Crippen LogP contribution in [0.15, 0.2) is 152 Å². The van der Waals surface area contributed by atoms with Gasteiger partial charge in [0.05, 0.1) is 16.6 Å². The van der Waals surface area contributed by atoms with E-state index in [1.807, 2.05) is 36.9 Å². The van der Waals surface area contributed by atoms with Gasteiger partial charge in [0.1, 0.15) is 0 Å². The molecule has 5 aromatic carbocycles. The van der Waals surface area contributed by atoms with Gasteiger partial charge in [-0.2, -0.15) is 0 Å². The normalized spacial score (nSPS) is 16.3. The van der Waals surface area contributed by atoms with E-state index in [0.29, 0.717) is 11.8 Å². The van der Waals surface area contributed by atoms with Crippen molar-refractivity contribution < 1.29 is 0 Å². The van der Waals surface area contributed by atoms with E-state index in [1.54, 1.807) is 0 Å². The van der Waals surface area contributed by atoms with Gasteiger partial charge in [-0.05, 0) is 143 Å². The summed E-state index contributed by atoms with van der Waals surface area (Å²) in [6.07, 6.45) is 12.1. The number of hydrogen-bond acceptors (Lipinski definition) is 2. The smallest absolute Gasteiger partial charge is 0.0547 e. The monoisotopic (exact) mass is 694 g/mol. The average molecular weight is 695 g/mol. The van der Waals surface area contributed by atoms with Crippen molar-refractivity contribution in [2.24, 2.45) is 0 Å². The van der Waals surface area contributed by atoms with Crippen molar-refractivity contribution in [3.63, 3.8) is 0 Å². The Hall–Kier alpha value is -6.52. The molecule has 2 aliphatic rings. The minimum absolute atomic E-state index is 0.347. The number of aromatic nitrogens is 4. The van der Waals surface area contributed by atoms with E-state index in [2.05, 4.69) is 154 Å². The number of nitrogens with zero attached hydrogens (tertiary/aromatic N) is 4. The molecule has 11 rings (SSSR count). The van der Waals surface area contributed by atoms with E-state index in [0.717, 1.165) is 18.4 Å². The highest BCUT2D eigenvalue weighted by Gasteiger charge is 2.32. The third-order valence-electron chi connectivity index (χ3n) is 12.2. The van der Waals surface area contributed by atoms with E-state index < -0.39 is 0 Å². The number of hydrogen-bond donors (Lipinski definition) is 0. The summed E-state index contributed by atoms with van der Waals surface area (Å²) in [7, 11) is 0. The minimum Gasteiger partial charge on any atom is -0.313 e. The van der Waals surface area contributed by atoms with Gasteiger partial charge in [0.25, 0.3) is 0 Å². The number of pyridine rings is 2. The van der Waals surface area contributed by atoms with Crippen molar-refractivity contribution in [1.29, 1.82) is 0 Å². The van der Waals surface area contributed by atoms with Crippen LogP contribution >= 0.6 is 0 Å². The van der Waals surface area contributed by atoms with Crippen LogP contribution in [0.3, 0.4) is 0 Å². The summed E-state index contributed by atoms with van der Waals surface area (Å²) in [4.78, 5) is 8.88. The molecule has 0 spiro atoms. The Labute approximate surface area is 314 Å². The van der Waals surface area contributed by atoms with Crippen molar-refractivity contribution in [2.75, 3.05) is 0 Å². The van der Waals surface area contributed by atoms with Crippen LogP contribution in [-0.4, -0.2) is 19.1 Å². The standard InChI is InChI=1S/C50H38N4/c1-31-32(2)40-26-46-44-24-34(36-12-10-22-52-30-36)18-20-48(44)54(38-15-7-4-8-16-38)50(46)28-42(40)41-27-49-45(25-39(31)41)43-23-33(35-11-9-21-51-29-35)17-19-47(43)53(49)37-13-5-3-6-14-37/h3-17,19,21-32H,18,20H2,1-2H3. The molecule has 0 amide bonds. The van der Waals surface area contributed by atoms with Crippen LogP contribution in [0.25, 0.3) is 78.0 Å². The molecule has 9 aromatic rings. The summed E-state index contributed by atoms with van der Waals surface area (Å²) in [6.45, 7) is 4.85. The Balaban J connectivity index is 1.19. The number of allylic oxidation sites excluding steroid dienone is 1. The summed E-state index contributed by atoms with van der Waals surface area (Å²) < 4.78 is 4.98. The lowest BCUT2D eigenvalue weighted by Crippen LogP contribution is -2.13. The zero-order valence-corrected chi connectivity index (χ0v) is 30.4. The SMILES string of the molecule is CC1c2cc3c4c(n(-c5ccccc5)c3cc2-c2cc3c(cc2C1C)c1cc(-c2cccnc2)ccc1n3-c1ccccc1)CCC(c1cccnc1)=C4. The van der Waals surface area contributed by atoms with Gasteiger partial charge in [0.2, 0.25) is 0 Å². The average Bonchev–Trinajstić information content (AvgIpc) is 3.74. The second-order valence-corrected chi connectivity index (χ2v) is 15.1. The molecule has 4 nitrogen and oxygen atoms in total. The first-order chi connectivity index (χ1) is 26.6. The van der Waals surface area contributed by atoms with Crippen LogP contribution in [0.5, 0.6) is 0 Å². The second-order valence-electron chi connectivity index (χ2n) is 15.1. The number of rotatable bonds is 4. The third kappa shape index (κ3) is 4.63. The fourth-order valence-corrected chi connectivity index (χ4v) is 9.40. The van der Waals surface area contributed by atoms with Crippen LogP contribution in [0.1, 0.15) is 60.1 Å². The van der Waals surface area contributed by atoms with Crippen molar-refractivity contribution >= 4 is 44.4 Å². The molecule has 0 saturated heterocycles. The Bertz CT molecular complexity index is 2940. The van der Waals surface area contributed by atoms with Crippen LogP contribution < -0.4 is 0 Å². The summed E-state index contributed by atoms with van der Waals surface area (Å²) >= 11 is 0. The molecule has 0 aliphatic heterocycles. The zero-order valence-electron chi connectivity index (χ0n) is 30.4. The van der Waals surface area contributed by atoms with E-state index in [4.69, 9.17) is 0 Å². The van der Waals surface area contributed by atoms with E-state index >= 15 is 0 Å². The Kier molecular flexibility index (Phi) is 6.90.